The van der Waals surface area contributed by atoms with E-state index in [2.05, 4.69) is 52.4 Å². The fourth-order valence-corrected chi connectivity index (χ4v) is 1.80. The maximum absolute atomic E-state index is 4.33. The van der Waals surface area contributed by atoms with E-state index in [1.165, 1.54) is 11.3 Å². The summed E-state index contributed by atoms with van der Waals surface area (Å²) in [6.07, 6.45) is 2.96. The van der Waals surface area contributed by atoms with Crippen molar-refractivity contribution in [1.82, 2.24) is 9.78 Å². The first-order chi connectivity index (χ1) is 7.85. The number of rotatable bonds is 4. The summed E-state index contributed by atoms with van der Waals surface area (Å²) in [4.78, 5) is 0. The van der Waals surface area contributed by atoms with Gasteiger partial charge in [0.1, 0.15) is 0 Å². The Hall–Kier alpha value is -1.77. The lowest BCUT2D eigenvalue weighted by molar-refractivity contribution is 0.609. The van der Waals surface area contributed by atoms with Gasteiger partial charge in [-0.15, -0.1) is 0 Å². The average molecular weight is 215 g/mol. The van der Waals surface area contributed by atoms with Crippen LogP contribution in [0, 0.1) is 0 Å². The highest BCUT2D eigenvalue weighted by Gasteiger charge is 2.04. The molecule has 16 heavy (non-hydrogen) atoms. The second kappa shape index (κ2) is 4.84. The molecule has 1 aromatic carbocycles. The summed E-state index contributed by atoms with van der Waals surface area (Å²) < 4.78 is 2.05. The van der Waals surface area contributed by atoms with Crippen molar-refractivity contribution in [3.63, 3.8) is 0 Å². The molecule has 1 N–H and O–H groups in total. The van der Waals surface area contributed by atoms with Crippen molar-refractivity contribution in [2.24, 2.45) is 0 Å². The van der Waals surface area contributed by atoms with Gasteiger partial charge in [-0.2, -0.15) is 5.10 Å². The van der Waals surface area contributed by atoms with Crippen molar-refractivity contribution < 1.29 is 0 Å². The maximum atomic E-state index is 4.33. The first kappa shape index (κ1) is 10.7. The van der Waals surface area contributed by atoms with Gasteiger partial charge in [0, 0.05) is 31.0 Å². The number of hydrogen-bond acceptors (Lipinski definition) is 2. The van der Waals surface area contributed by atoms with Gasteiger partial charge in [0.2, 0.25) is 0 Å². The van der Waals surface area contributed by atoms with Crippen molar-refractivity contribution in [1.29, 1.82) is 0 Å². The number of nitrogens with zero attached hydrogens (tertiary/aromatic N) is 2. The minimum Gasteiger partial charge on any atom is -0.388 e. The van der Waals surface area contributed by atoms with Crippen LogP contribution in [0.3, 0.4) is 0 Å². The molecule has 0 radical (unpaired) electrons. The van der Waals surface area contributed by atoms with Crippen LogP contribution in [-0.4, -0.2) is 16.8 Å². The molecule has 0 bridgehead atoms. The highest BCUT2D eigenvalue weighted by atomic mass is 15.3. The Kier molecular flexibility index (Phi) is 3.25. The third-order valence-electron chi connectivity index (χ3n) is 2.60. The predicted molar refractivity (Wildman–Crippen MR) is 67.5 cm³/mol. The van der Waals surface area contributed by atoms with Crippen LogP contribution < -0.4 is 5.32 Å². The van der Waals surface area contributed by atoms with Crippen molar-refractivity contribution in [2.75, 3.05) is 12.4 Å². The van der Waals surface area contributed by atoms with Gasteiger partial charge in [-0.25, -0.2) is 0 Å². The van der Waals surface area contributed by atoms with E-state index in [4.69, 9.17) is 0 Å². The second-order valence-electron chi connectivity index (χ2n) is 3.77. The predicted octanol–water partition coefficient (Wildman–Crippen LogP) is 3.00. The highest BCUT2D eigenvalue weighted by molar-refractivity contribution is 5.65. The van der Waals surface area contributed by atoms with Gasteiger partial charge in [-0.05, 0) is 24.6 Å². The molecule has 0 aliphatic heterocycles. The van der Waals surface area contributed by atoms with E-state index in [1.807, 2.05) is 13.2 Å². The summed E-state index contributed by atoms with van der Waals surface area (Å²) in [6.45, 7) is 3.13. The Morgan fingerprint density at radius 3 is 2.94 bits per heavy atom. The fraction of sp³-hybridized carbons (Fsp3) is 0.308. The molecule has 1 aromatic heterocycles. The zero-order valence-electron chi connectivity index (χ0n) is 9.77. The molecule has 0 fully saturated rings. The average Bonchev–Trinajstić information content (AvgIpc) is 2.78. The normalized spacial score (nSPS) is 10.4. The number of hydrogen-bond donors (Lipinski definition) is 1. The first-order valence-electron chi connectivity index (χ1n) is 5.65. The van der Waals surface area contributed by atoms with Crippen LogP contribution in [0.5, 0.6) is 0 Å². The molecule has 0 amide bonds. The van der Waals surface area contributed by atoms with Crippen molar-refractivity contribution in [3.05, 3.63) is 36.5 Å². The molecular formula is C13H17N3. The summed E-state index contributed by atoms with van der Waals surface area (Å²) in [6, 6.07) is 10.4. The largest absolute Gasteiger partial charge is 0.388 e. The van der Waals surface area contributed by atoms with Crippen LogP contribution >= 0.6 is 0 Å². The van der Waals surface area contributed by atoms with Gasteiger partial charge in [-0.3, -0.25) is 4.68 Å². The van der Waals surface area contributed by atoms with E-state index < -0.39 is 0 Å². The van der Waals surface area contributed by atoms with Gasteiger partial charge in [0.05, 0.1) is 5.69 Å². The SMILES string of the molecule is CCCn1nccc1-c1cccc(NC)c1. The number of anilines is 1. The van der Waals surface area contributed by atoms with Gasteiger partial charge in [0.15, 0.2) is 0 Å². The Morgan fingerprint density at radius 2 is 2.19 bits per heavy atom. The molecule has 84 valence electrons. The minimum absolute atomic E-state index is 0.964. The number of aryl methyl sites for hydroxylation is 1. The molecule has 0 aliphatic rings. The standard InChI is InChI=1S/C13H17N3/c1-3-9-16-13(7-8-15-16)11-5-4-6-12(10-11)14-2/h4-8,10,14H,3,9H2,1-2H3. The Morgan fingerprint density at radius 1 is 1.31 bits per heavy atom. The third-order valence-corrected chi connectivity index (χ3v) is 2.60. The lowest BCUT2D eigenvalue weighted by Gasteiger charge is -2.07. The van der Waals surface area contributed by atoms with Crippen LogP contribution in [-0.2, 0) is 6.54 Å². The zero-order chi connectivity index (χ0) is 11.4. The number of benzene rings is 1. The van der Waals surface area contributed by atoms with Crippen molar-refractivity contribution >= 4 is 5.69 Å². The topological polar surface area (TPSA) is 29.9 Å². The maximum Gasteiger partial charge on any atom is 0.0682 e. The first-order valence-corrected chi connectivity index (χ1v) is 5.65. The molecule has 0 aliphatic carbocycles. The van der Waals surface area contributed by atoms with Crippen LogP contribution in [0.4, 0.5) is 5.69 Å². The van der Waals surface area contributed by atoms with Gasteiger partial charge >= 0.3 is 0 Å². The van der Waals surface area contributed by atoms with Crippen LogP contribution in [0.2, 0.25) is 0 Å². The van der Waals surface area contributed by atoms with E-state index >= 15 is 0 Å². The summed E-state index contributed by atoms with van der Waals surface area (Å²) in [5.74, 6) is 0. The van der Waals surface area contributed by atoms with Crippen LogP contribution in [0.1, 0.15) is 13.3 Å². The fourth-order valence-electron chi connectivity index (χ4n) is 1.80. The molecule has 0 saturated carbocycles. The van der Waals surface area contributed by atoms with E-state index in [9.17, 15) is 0 Å². The molecule has 0 spiro atoms. The lowest BCUT2D eigenvalue weighted by atomic mass is 10.1. The molecule has 0 atom stereocenters. The summed E-state index contributed by atoms with van der Waals surface area (Å²) in [7, 11) is 1.93. The third kappa shape index (κ3) is 2.08. The monoisotopic (exact) mass is 215 g/mol. The minimum atomic E-state index is 0.964. The molecule has 3 nitrogen and oxygen atoms in total. The molecule has 1 heterocycles. The number of aromatic nitrogens is 2. The number of nitrogens with one attached hydrogen (secondary N) is 1. The van der Waals surface area contributed by atoms with Gasteiger partial charge in [-0.1, -0.05) is 19.1 Å². The zero-order valence-corrected chi connectivity index (χ0v) is 9.77. The highest BCUT2D eigenvalue weighted by Crippen LogP contribution is 2.22. The molecule has 0 unspecified atom stereocenters. The lowest BCUT2D eigenvalue weighted by Crippen LogP contribution is -2.01. The Bertz CT molecular complexity index is 460. The summed E-state index contributed by atoms with van der Waals surface area (Å²) >= 11 is 0. The van der Waals surface area contributed by atoms with Crippen LogP contribution in [0.15, 0.2) is 36.5 Å². The summed E-state index contributed by atoms with van der Waals surface area (Å²) in [5.41, 5.74) is 3.51. The molecule has 2 rings (SSSR count). The second-order valence-corrected chi connectivity index (χ2v) is 3.77. The quantitative estimate of drug-likeness (QED) is 0.849. The van der Waals surface area contributed by atoms with E-state index in [0.717, 1.165) is 18.7 Å². The van der Waals surface area contributed by atoms with E-state index in [1.54, 1.807) is 0 Å². The van der Waals surface area contributed by atoms with Crippen LogP contribution in [0.25, 0.3) is 11.3 Å². The summed E-state index contributed by atoms with van der Waals surface area (Å²) in [5, 5.41) is 7.49. The Balaban J connectivity index is 2.37. The molecular weight excluding hydrogens is 198 g/mol. The Labute approximate surface area is 96.1 Å². The van der Waals surface area contributed by atoms with Crippen molar-refractivity contribution in [3.8, 4) is 11.3 Å². The van der Waals surface area contributed by atoms with Gasteiger partial charge in [0.25, 0.3) is 0 Å². The smallest absolute Gasteiger partial charge is 0.0682 e. The molecule has 0 saturated heterocycles. The molecule has 3 heteroatoms. The van der Waals surface area contributed by atoms with Gasteiger partial charge < -0.3 is 5.32 Å². The van der Waals surface area contributed by atoms with Crippen molar-refractivity contribution in [2.45, 2.75) is 19.9 Å². The van der Waals surface area contributed by atoms with E-state index in [-0.39, 0.29) is 0 Å². The molecule has 2 aromatic rings. The van der Waals surface area contributed by atoms with E-state index in [0.29, 0.717) is 0 Å².